The highest BCUT2D eigenvalue weighted by atomic mass is 15.0. The summed E-state index contributed by atoms with van der Waals surface area (Å²) in [5, 5.41) is 3.41. The average Bonchev–Trinajstić information content (AvgIpc) is 2.39. The summed E-state index contributed by atoms with van der Waals surface area (Å²) in [5.74, 6) is 2.73. The largest absolute Gasteiger partial charge is 0.397 e. The van der Waals surface area contributed by atoms with Crippen molar-refractivity contribution in [1.82, 2.24) is 4.98 Å². The second-order valence-electron chi connectivity index (χ2n) is 5.15. The second kappa shape index (κ2) is 5.89. The third kappa shape index (κ3) is 3.62. The smallest absolute Gasteiger partial charge is 0.126 e. The predicted molar refractivity (Wildman–Crippen MR) is 72.9 cm³/mol. The molecule has 0 unspecified atom stereocenters. The van der Waals surface area contributed by atoms with E-state index in [1.54, 1.807) is 6.20 Å². The molecule has 0 amide bonds. The molecule has 0 aromatic carbocycles. The Labute approximate surface area is 104 Å². The molecule has 1 heterocycles. The van der Waals surface area contributed by atoms with E-state index >= 15 is 0 Å². The topological polar surface area (TPSA) is 50.9 Å². The molecule has 1 aromatic heterocycles. The van der Waals surface area contributed by atoms with Gasteiger partial charge in [-0.25, -0.2) is 4.98 Å². The number of nitrogens with zero attached hydrogens (tertiary/aromatic N) is 1. The van der Waals surface area contributed by atoms with Gasteiger partial charge in [0, 0.05) is 6.54 Å². The summed E-state index contributed by atoms with van der Waals surface area (Å²) < 4.78 is 0. The quantitative estimate of drug-likeness (QED) is 0.839. The zero-order valence-corrected chi connectivity index (χ0v) is 10.7. The van der Waals surface area contributed by atoms with Crippen molar-refractivity contribution in [2.45, 2.75) is 39.0 Å². The molecule has 0 aliphatic heterocycles. The number of pyridine rings is 1. The number of aromatic nitrogens is 1. The molecule has 1 aromatic rings. The van der Waals surface area contributed by atoms with E-state index in [2.05, 4.69) is 17.2 Å². The molecular weight excluding hydrogens is 210 g/mol. The number of hydrogen-bond acceptors (Lipinski definition) is 3. The van der Waals surface area contributed by atoms with E-state index in [4.69, 9.17) is 5.73 Å². The lowest BCUT2D eigenvalue weighted by Crippen LogP contribution is -2.21. The molecule has 3 nitrogen and oxygen atoms in total. The van der Waals surface area contributed by atoms with E-state index in [0.29, 0.717) is 0 Å². The lowest BCUT2D eigenvalue weighted by molar-refractivity contribution is 0.278. The Morgan fingerprint density at radius 3 is 2.53 bits per heavy atom. The molecule has 0 atom stereocenters. The minimum absolute atomic E-state index is 0.721. The maximum Gasteiger partial charge on any atom is 0.126 e. The van der Waals surface area contributed by atoms with Crippen molar-refractivity contribution >= 4 is 11.5 Å². The van der Waals surface area contributed by atoms with Crippen LogP contribution in [0.15, 0.2) is 18.3 Å². The Morgan fingerprint density at radius 2 is 1.94 bits per heavy atom. The molecular formula is C14H23N3. The number of nitrogen functional groups attached to an aromatic ring is 1. The van der Waals surface area contributed by atoms with E-state index in [9.17, 15) is 0 Å². The Balaban J connectivity index is 1.74. The summed E-state index contributed by atoms with van der Waals surface area (Å²) in [6, 6.07) is 3.84. The van der Waals surface area contributed by atoms with Crippen molar-refractivity contribution < 1.29 is 0 Å². The van der Waals surface area contributed by atoms with E-state index < -0.39 is 0 Å². The van der Waals surface area contributed by atoms with Crippen LogP contribution < -0.4 is 11.1 Å². The molecule has 0 radical (unpaired) electrons. The van der Waals surface area contributed by atoms with E-state index in [1.165, 1.54) is 32.1 Å². The molecule has 0 saturated heterocycles. The van der Waals surface area contributed by atoms with Crippen LogP contribution in [-0.4, -0.2) is 11.5 Å². The Bertz CT molecular complexity index is 326. The first kappa shape index (κ1) is 12.2. The molecule has 1 fully saturated rings. The van der Waals surface area contributed by atoms with Gasteiger partial charge >= 0.3 is 0 Å². The Kier molecular flexibility index (Phi) is 4.24. The standard InChI is InChI=1S/C14H23N3/c1-2-11-3-5-12(6-4-11)9-16-14-8-7-13(15)10-17-14/h7-8,10-12H,2-6,9,15H2,1H3,(H,16,17). The van der Waals surface area contributed by atoms with Gasteiger partial charge in [-0.15, -0.1) is 0 Å². The van der Waals surface area contributed by atoms with Crippen molar-refractivity contribution in [3.05, 3.63) is 18.3 Å². The third-order valence-corrected chi connectivity index (χ3v) is 3.90. The van der Waals surface area contributed by atoms with Gasteiger partial charge in [-0.05, 0) is 36.8 Å². The zero-order valence-electron chi connectivity index (χ0n) is 10.7. The van der Waals surface area contributed by atoms with Crippen molar-refractivity contribution in [2.24, 2.45) is 11.8 Å². The van der Waals surface area contributed by atoms with Gasteiger partial charge in [-0.1, -0.05) is 26.2 Å². The fraction of sp³-hybridized carbons (Fsp3) is 0.643. The molecule has 1 aliphatic rings. The summed E-state index contributed by atoms with van der Waals surface area (Å²) in [6.07, 6.45) is 8.58. The van der Waals surface area contributed by atoms with Crippen molar-refractivity contribution in [3.63, 3.8) is 0 Å². The number of rotatable bonds is 4. The molecule has 1 saturated carbocycles. The number of nitrogens with one attached hydrogen (secondary N) is 1. The van der Waals surface area contributed by atoms with Crippen LogP contribution in [0, 0.1) is 11.8 Å². The van der Waals surface area contributed by atoms with E-state index in [1.807, 2.05) is 12.1 Å². The summed E-state index contributed by atoms with van der Waals surface area (Å²) in [4.78, 5) is 4.26. The summed E-state index contributed by atoms with van der Waals surface area (Å²) in [7, 11) is 0. The predicted octanol–water partition coefficient (Wildman–Crippen LogP) is 3.29. The molecule has 1 aliphatic carbocycles. The minimum atomic E-state index is 0.721. The van der Waals surface area contributed by atoms with Gasteiger partial charge in [0.15, 0.2) is 0 Å². The van der Waals surface area contributed by atoms with Gasteiger partial charge in [0.25, 0.3) is 0 Å². The van der Waals surface area contributed by atoms with Gasteiger partial charge in [0.2, 0.25) is 0 Å². The van der Waals surface area contributed by atoms with Crippen LogP contribution in [0.5, 0.6) is 0 Å². The van der Waals surface area contributed by atoms with Gasteiger partial charge in [0.05, 0.1) is 11.9 Å². The Hall–Kier alpha value is -1.25. The first-order chi connectivity index (χ1) is 8.28. The maximum atomic E-state index is 5.61. The number of anilines is 2. The highest BCUT2D eigenvalue weighted by molar-refractivity contribution is 5.43. The van der Waals surface area contributed by atoms with E-state index in [0.717, 1.165) is 29.9 Å². The summed E-state index contributed by atoms with van der Waals surface area (Å²) in [5.41, 5.74) is 6.33. The van der Waals surface area contributed by atoms with Gasteiger partial charge in [-0.2, -0.15) is 0 Å². The first-order valence-corrected chi connectivity index (χ1v) is 6.73. The molecule has 17 heavy (non-hydrogen) atoms. The van der Waals surface area contributed by atoms with Gasteiger partial charge in [0.1, 0.15) is 5.82 Å². The molecule has 3 heteroatoms. The molecule has 0 bridgehead atoms. The highest BCUT2D eigenvalue weighted by Crippen LogP contribution is 2.30. The monoisotopic (exact) mass is 233 g/mol. The number of nitrogens with two attached hydrogens (primary N) is 1. The molecule has 94 valence electrons. The molecule has 3 N–H and O–H groups in total. The van der Waals surface area contributed by atoms with E-state index in [-0.39, 0.29) is 0 Å². The van der Waals surface area contributed by atoms with Crippen LogP contribution in [0.1, 0.15) is 39.0 Å². The summed E-state index contributed by atoms with van der Waals surface area (Å²) in [6.45, 7) is 3.36. The van der Waals surface area contributed by atoms with Crippen molar-refractivity contribution in [2.75, 3.05) is 17.6 Å². The zero-order chi connectivity index (χ0) is 12.1. The van der Waals surface area contributed by atoms with Crippen LogP contribution in [-0.2, 0) is 0 Å². The lowest BCUT2D eigenvalue weighted by atomic mass is 9.81. The third-order valence-electron chi connectivity index (χ3n) is 3.90. The van der Waals surface area contributed by atoms with Crippen LogP contribution in [0.2, 0.25) is 0 Å². The second-order valence-corrected chi connectivity index (χ2v) is 5.15. The van der Waals surface area contributed by atoms with Gasteiger partial charge < -0.3 is 11.1 Å². The van der Waals surface area contributed by atoms with Crippen LogP contribution in [0.4, 0.5) is 11.5 Å². The average molecular weight is 233 g/mol. The summed E-state index contributed by atoms with van der Waals surface area (Å²) >= 11 is 0. The van der Waals surface area contributed by atoms with Crippen LogP contribution in [0.25, 0.3) is 0 Å². The number of hydrogen-bond donors (Lipinski definition) is 2. The SMILES string of the molecule is CCC1CCC(CNc2ccc(N)cn2)CC1. The highest BCUT2D eigenvalue weighted by Gasteiger charge is 2.19. The molecule has 2 rings (SSSR count). The normalized spacial score (nSPS) is 24.5. The van der Waals surface area contributed by atoms with Crippen molar-refractivity contribution in [1.29, 1.82) is 0 Å². The fourth-order valence-electron chi connectivity index (χ4n) is 2.60. The minimum Gasteiger partial charge on any atom is -0.397 e. The first-order valence-electron chi connectivity index (χ1n) is 6.73. The molecule has 0 spiro atoms. The fourth-order valence-corrected chi connectivity index (χ4v) is 2.60. The Morgan fingerprint density at radius 1 is 1.24 bits per heavy atom. The van der Waals surface area contributed by atoms with Gasteiger partial charge in [-0.3, -0.25) is 0 Å². The van der Waals surface area contributed by atoms with Crippen molar-refractivity contribution in [3.8, 4) is 0 Å². The van der Waals surface area contributed by atoms with Crippen LogP contribution in [0.3, 0.4) is 0 Å². The lowest BCUT2D eigenvalue weighted by Gasteiger charge is -2.27. The van der Waals surface area contributed by atoms with Crippen LogP contribution >= 0.6 is 0 Å². The maximum absolute atomic E-state index is 5.61.